The Bertz CT molecular complexity index is 574. The third kappa shape index (κ3) is 3.46. The molecule has 2 aliphatic rings. The van der Waals surface area contributed by atoms with E-state index in [1.807, 2.05) is 18.2 Å². The molecule has 0 aliphatic carbocycles. The molecule has 130 valence electrons. The van der Waals surface area contributed by atoms with Gasteiger partial charge in [-0.3, -0.25) is 9.59 Å². The van der Waals surface area contributed by atoms with Crippen LogP contribution in [0.1, 0.15) is 44.1 Å². The van der Waals surface area contributed by atoms with Crippen molar-refractivity contribution >= 4 is 11.9 Å². The van der Waals surface area contributed by atoms with Crippen LogP contribution < -0.4 is 0 Å². The number of hydrogen-bond acceptors (Lipinski definition) is 5. The Morgan fingerprint density at radius 1 is 1.12 bits per heavy atom. The molecule has 0 spiro atoms. The Hall–Kier alpha value is -1.88. The highest BCUT2D eigenvalue weighted by atomic mass is 16.6. The second kappa shape index (κ2) is 7.34. The minimum Gasteiger partial charge on any atom is -0.465 e. The molecular formula is C19H25NO4. The summed E-state index contributed by atoms with van der Waals surface area (Å²) in [7, 11) is 2.14. The van der Waals surface area contributed by atoms with Crippen LogP contribution in [0.3, 0.4) is 0 Å². The molecule has 5 nitrogen and oxygen atoms in total. The number of esters is 2. The largest absolute Gasteiger partial charge is 0.465 e. The van der Waals surface area contributed by atoms with Gasteiger partial charge in [0.15, 0.2) is 5.92 Å². The second-order valence-electron chi connectivity index (χ2n) is 6.68. The van der Waals surface area contributed by atoms with Gasteiger partial charge in [-0.25, -0.2) is 0 Å². The van der Waals surface area contributed by atoms with Crippen molar-refractivity contribution in [3.63, 3.8) is 0 Å². The number of fused-ring (bicyclic) bond motifs is 2. The molecule has 24 heavy (non-hydrogen) atoms. The van der Waals surface area contributed by atoms with Crippen LogP contribution in [0.2, 0.25) is 0 Å². The van der Waals surface area contributed by atoms with Crippen LogP contribution >= 0.6 is 0 Å². The molecule has 2 saturated heterocycles. The molecule has 0 radical (unpaired) electrons. The Kier molecular flexibility index (Phi) is 5.19. The molecule has 1 aromatic carbocycles. The molecule has 1 aromatic rings. The predicted molar refractivity (Wildman–Crippen MR) is 89.5 cm³/mol. The molecule has 0 N–H and O–H groups in total. The average molecular weight is 331 g/mol. The number of benzene rings is 1. The lowest BCUT2D eigenvalue weighted by molar-refractivity contribution is -0.162. The van der Waals surface area contributed by atoms with E-state index in [1.54, 1.807) is 19.1 Å². The van der Waals surface area contributed by atoms with Crippen LogP contribution in [0, 0.1) is 0 Å². The number of carbonyl (C=O) groups is 2. The lowest BCUT2D eigenvalue weighted by atomic mass is 9.98. The quantitative estimate of drug-likeness (QED) is 0.613. The molecule has 2 aliphatic heterocycles. The molecule has 2 bridgehead atoms. The SMILES string of the molecule is CCOC(=O)C(C(=O)OC1C[C@H]2CC[C@@H](C1)N2C)c1ccccc1. The Balaban J connectivity index is 1.71. The molecule has 2 heterocycles. The fraction of sp³-hybridized carbons (Fsp3) is 0.579. The highest BCUT2D eigenvalue weighted by Crippen LogP contribution is 2.36. The van der Waals surface area contributed by atoms with Crippen molar-refractivity contribution in [2.45, 2.75) is 56.7 Å². The fourth-order valence-electron chi connectivity index (χ4n) is 3.93. The lowest BCUT2D eigenvalue weighted by Crippen LogP contribution is -2.44. The Morgan fingerprint density at radius 3 is 2.33 bits per heavy atom. The van der Waals surface area contributed by atoms with Crippen molar-refractivity contribution in [1.29, 1.82) is 0 Å². The van der Waals surface area contributed by atoms with Gasteiger partial charge in [0, 0.05) is 12.1 Å². The van der Waals surface area contributed by atoms with Gasteiger partial charge in [0.2, 0.25) is 0 Å². The van der Waals surface area contributed by atoms with Crippen molar-refractivity contribution in [1.82, 2.24) is 4.90 Å². The van der Waals surface area contributed by atoms with Crippen LogP contribution in [0.25, 0.3) is 0 Å². The molecule has 5 heteroatoms. The van der Waals surface area contributed by atoms with E-state index in [1.165, 1.54) is 0 Å². The topological polar surface area (TPSA) is 55.8 Å². The van der Waals surface area contributed by atoms with Gasteiger partial charge < -0.3 is 14.4 Å². The van der Waals surface area contributed by atoms with Crippen molar-refractivity contribution in [2.24, 2.45) is 0 Å². The summed E-state index contributed by atoms with van der Waals surface area (Å²) in [4.78, 5) is 27.4. The zero-order valence-electron chi connectivity index (χ0n) is 14.3. The molecule has 2 fully saturated rings. The summed E-state index contributed by atoms with van der Waals surface area (Å²) in [5, 5.41) is 0. The van der Waals surface area contributed by atoms with E-state index in [0.717, 1.165) is 25.7 Å². The van der Waals surface area contributed by atoms with Crippen LogP contribution in [0.4, 0.5) is 0 Å². The summed E-state index contributed by atoms with van der Waals surface area (Å²) in [6.45, 7) is 1.98. The molecule has 3 rings (SSSR count). The molecule has 4 atom stereocenters. The summed E-state index contributed by atoms with van der Waals surface area (Å²) < 4.78 is 10.8. The summed E-state index contributed by atoms with van der Waals surface area (Å²) in [5.41, 5.74) is 0.622. The summed E-state index contributed by atoms with van der Waals surface area (Å²) in [6.07, 6.45) is 3.92. The van der Waals surface area contributed by atoms with Gasteiger partial charge in [0.05, 0.1) is 6.61 Å². The maximum absolute atomic E-state index is 12.7. The third-order valence-electron chi connectivity index (χ3n) is 5.23. The van der Waals surface area contributed by atoms with E-state index in [-0.39, 0.29) is 12.7 Å². The first-order valence-corrected chi connectivity index (χ1v) is 8.74. The van der Waals surface area contributed by atoms with Gasteiger partial charge in [-0.05, 0) is 45.2 Å². The molecule has 0 amide bonds. The maximum atomic E-state index is 12.7. The second-order valence-corrected chi connectivity index (χ2v) is 6.68. The van der Waals surface area contributed by atoms with E-state index < -0.39 is 17.9 Å². The van der Waals surface area contributed by atoms with Gasteiger partial charge in [0.1, 0.15) is 6.10 Å². The summed E-state index contributed by atoms with van der Waals surface area (Å²) >= 11 is 0. The van der Waals surface area contributed by atoms with E-state index in [2.05, 4.69) is 11.9 Å². The summed E-state index contributed by atoms with van der Waals surface area (Å²) in [5.74, 6) is -2.03. The van der Waals surface area contributed by atoms with Gasteiger partial charge in [-0.2, -0.15) is 0 Å². The predicted octanol–water partition coefficient (Wildman–Crippen LogP) is 2.50. The molecule has 0 saturated carbocycles. The number of piperidine rings is 1. The third-order valence-corrected chi connectivity index (χ3v) is 5.23. The highest BCUT2D eigenvalue weighted by molar-refractivity contribution is 6.00. The number of hydrogen-bond donors (Lipinski definition) is 0. The van der Waals surface area contributed by atoms with Crippen molar-refractivity contribution in [3.05, 3.63) is 35.9 Å². The average Bonchev–Trinajstić information content (AvgIpc) is 2.78. The smallest absolute Gasteiger partial charge is 0.325 e. The number of ether oxygens (including phenoxy) is 2. The van der Waals surface area contributed by atoms with Crippen molar-refractivity contribution in [3.8, 4) is 0 Å². The van der Waals surface area contributed by atoms with Crippen molar-refractivity contribution in [2.75, 3.05) is 13.7 Å². The number of nitrogens with zero attached hydrogens (tertiary/aromatic N) is 1. The van der Waals surface area contributed by atoms with Gasteiger partial charge in [-0.1, -0.05) is 30.3 Å². The van der Waals surface area contributed by atoms with E-state index in [4.69, 9.17) is 9.47 Å². The van der Waals surface area contributed by atoms with Gasteiger partial charge in [0.25, 0.3) is 0 Å². The maximum Gasteiger partial charge on any atom is 0.325 e. The van der Waals surface area contributed by atoms with Crippen molar-refractivity contribution < 1.29 is 19.1 Å². The Labute approximate surface area is 142 Å². The van der Waals surface area contributed by atoms with E-state index in [9.17, 15) is 9.59 Å². The lowest BCUT2D eigenvalue weighted by Gasteiger charge is -2.36. The summed E-state index contributed by atoms with van der Waals surface area (Å²) in [6, 6.07) is 9.97. The monoisotopic (exact) mass is 331 g/mol. The normalized spacial score (nSPS) is 27.5. The van der Waals surface area contributed by atoms with Crippen LogP contribution in [-0.4, -0.2) is 48.7 Å². The van der Waals surface area contributed by atoms with Crippen LogP contribution in [0.5, 0.6) is 0 Å². The van der Waals surface area contributed by atoms with Gasteiger partial charge in [-0.15, -0.1) is 0 Å². The van der Waals surface area contributed by atoms with E-state index >= 15 is 0 Å². The first kappa shape index (κ1) is 17.0. The first-order valence-electron chi connectivity index (χ1n) is 8.74. The molecular weight excluding hydrogens is 306 g/mol. The number of rotatable bonds is 5. The minimum absolute atomic E-state index is 0.105. The standard InChI is InChI=1S/C19H25NO4/c1-3-23-18(21)17(13-7-5-4-6-8-13)19(22)24-16-11-14-9-10-15(12-16)20(14)2/h4-8,14-17H,3,9-12H2,1-2H3/t14-,15+,16?,17?. The number of carbonyl (C=O) groups excluding carboxylic acids is 2. The zero-order valence-corrected chi connectivity index (χ0v) is 14.3. The first-order chi connectivity index (χ1) is 11.6. The van der Waals surface area contributed by atoms with E-state index in [0.29, 0.717) is 17.6 Å². The Morgan fingerprint density at radius 2 is 1.75 bits per heavy atom. The van der Waals surface area contributed by atoms with Crippen LogP contribution in [-0.2, 0) is 19.1 Å². The molecule has 0 aromatic heterocycles. The zero-order chi connectivity index (χ0) is 17.1. The highest BCUT2D eigenvalue weighted by Gasteiger charge is 2.41. The molecule has 2 unspecified atom stereocenters. The van der Waals surface area contributed by atoms with Gasteiger partial charge >= 0.3 is 11.9 Å². The minimum atomic E-state index is -0.997. The van der Waals surface area contributed by atoms with Crippen LogP contribution in [0.15, 0.2) is 30.3 Å². The fourth-order valence-corrected chi connectivity index (χ4v) is 3.93.